The van der Waals surface area contributed by atoms with Crippen molar-refractivity contribution >= 4 is 28.7 Å². The molecule has 0 radical (unpaired) electrons. The third-order valence-electron chi connectivity index (χ3n) is 1.44. The summed E-state index contributed by atoms with van der Waals surface area (Å²) in [6, 6.07) is 0. The van der Waals surface area contributed by atoms with Crippen LogP contribution >= 0.6 is 22.6 Å². The summed E-state index contributed by atoms with van der Waals surface area (Å²) in [7, 11) is 0. The van der Waals surface area contributed by atoms with Crippen LogP contribution in [-0.2, 0) is 4.74 Å². The summed E-state index contributed by atoms with van der Waals surface area (Å²) in [6.07, 6.45) is 1.27. The molecule has 0 bridgehead atoms. The summed E-state index contributed by atoms with van der Waals surface area (Å²) < 4.78 is 7.39. The normalized spacial score (nSPS) is 11.5. The third-order valence-corrected chi connectivity index (χ3v) is 1.96. The van der Waals surface area contributed by atoms with E-state index in [2.05, 4.69) is 27.6 Å². The summed E-state index contributed by atoms with van der Waals surface area (Å²) in [5, 5.41) is 0. The predicted molar refractivity (Wildman–Crippen MR) is 61.3 cm³/mol. The minimum Gasteiger partial charge on any atom is -0.443 e. The van der Waals surface area contributed by atoms with Crippen LogP contribution in [0.2, 0.25) is 0 Å². The first-order chi connectivity index (χ1) is 6.29. The van der Waals surface area contributed by atoms with Gasteiger partial charge in [-0.2, -0.15) is 0 Å². The molecular formula is C9H13IN2O2. The zero-order chi connectivity index (χ0) is 10.9. The fourth-order valence-electron chi connectivity index (χ4n) is 0.933. The molecule has 1 heterocycles. The summed E-state index contributed by atoms with van der Waals surface area (Å²) in [5.41, 5.74) is -0.473. The Kier molecular flexibility index (Phi) is 3.18. The summed E-state index contributed by atoms with van der Waals surface area (Å²) in [4.78, 5) is 15.7. The second-order valence-corrected chi connectivity index (χ2v) is 5.07. The minimum atomic E-state index is -0.473. The molecule has 1 aromatic rings. The number of imidazole rings is 1. The maximum Gasteiger partial charge on any atom is 0.420 e. The molecule has 0 saturated heterocycles. The van der Waals surface area contributed by atoms with Crippen molar-refractivity contribution in [2.24, 2.45) is 0 Å². The van der Waals surface area contributed by atoms with E-state index in [4.69, 9.17) is 4.74 Å². The monoisotopic (exact) mass is 308 g/mol. The molecule has 0 aromatic carbocycles. The molecule has 5 heteroatoms. The minimum absolute atomic E-state index is 0.384. The molecule has 0 fully saturated rings. The number of aryl methyl sites for hydroxylation is 1. The lowest BCUT2D eigenvalue weighted by molar-refractivity contribution is 0.0533. The molecule has 0 atom stereocenters. The van der Waals surface area contributed by atoms with Crippen molar-refractivity contribution in [3.8, 4) is 0 Å². The van der Waals surface area contributed by atoms with E-state index in [-0.39, 0.29) is 6.09 Å². The van der Waals surface area contributed by atoms with E-state index in [1.807, 2.05) is 20.8 Å². The van der Waals surface area contributed by atoms with Gasteiger partial charge in [-0.05, 0) is 50.3 Å². The lowest BCUT2D eigenvalue weighted by atomic mass is 10.2. The Hall–Kier alpha value is -0.590. The highest BCUT2D eigenvalue weighted by Gasteiger charge is 2.19. The molecule has 4 nitrogen and oxygen atoms in total. The first-order valence-corrected chi connectivity index (χ1v) is 5.32. The molecule has 0 N–H and O–H groups in total. The Balaban J connectivity index is 2.85. The third kappa shape index (κ3) is 2.97. The van der Waals surface area contributed by atoms with Crippen LogP contribution in [0, 0.1) is 10.6 Å². The van der Waals surface area contributed by atoms with Gasteiger partial charge in [0, 0.05) is 6.20 Å². The van der Waals surface area contributed by atoms with E-state index in [0.29, 0.717) is 5.82 Å². The lowest BCUT2D eigenvalue weighted by Crippen LogP contribution is -2.27. The zero-order valence-corrected chi connectivity index (χ0v) is 10.8. The van der Waals surface area contributed by atoms with Gasteiger partial charge in [0.15, 0.2) is 0 Å². The molecule has 0 unspecified atom stereocenters. The van der Waals surface area contributed by atoms with E-state index in [0.717, 1.165) is 3.70 Å². The number of carbonyl (C=O) groups is 1. The van der Waals surface area contributed by atoms with E-state index in [1.54, 1.807) is 13.1 Å². The average molecular weight is 308 g/mol. The van der Waals surface area contributed by atoms with Gasteiger partial charge in [-0.3, -0.25) is 0 Å². The second-order valence-electron chi connectivity index (χ2n) is 3.96. The molecular weight excluding hydrogens is 295 g/mol. The van der Waals surface area contributed by atoms with Crippen LogP contribution in [0.3, 0.4) is 0 Å². The van der Waals surface area contributed by atoms with Crippen LogP contribution in [-0.4, -0.2) is 21.2 Å². The van der Waals surface area contributed by atoms with Crippen molar-refractivity contribution in [1.82, 2.24) is 9.55 Å². The molecule has 0 amide bonds. The molecule has 78 valence electrons. The number of hydrogen-bond acceptors (Lipinski definition) is 3. The number of rotatable bonds is 0. The fourth-order valence-corrected chi connectivity index (χ4v) is 1.56. The molecule has 1 rings (SSSR count). The number of ether oxygens (including phenoxy) is 1. The first-order valence-electron chi connectivity index (χ1n) is 4.24. The number of nitrogens with zero attached hydrogens (tertiary/aromatic N) is 2. The Morgan fingerprint density at radius 2 is 2.14 bits per heavy atom. The number of hydrogen-bond donors (Lipinski definition) is 0. The van der Waals surface area contributed by atoms with Crippen molar-refractivity contribution in [3.63, 3.8) is 0 Å². The Morgan fingerprint density at radius 1 is 1.57 bits per heavy atom. The van der Waals surface area contributed by atoms with Gasteiger partial charge in [-0.1, -0.05) is 0 Å². The van der Waals surface area contributed by atoms with Crippen molar-refractivity contribution in [3.05, 3.63) is 15.7 Å². The topological polar surface area (TPSA) is 44.1 Å². The molecule has 0 aliphatic carbocycles. The van der Waals surface area contributed by atoms with Gasteiger partial charge in [0.2, 0.25) is 0 Å². The van der Waals surface area contributed by atoms with Crippen LogP contribution in [0.4, 0.5) is 4.79 Å². The van der Waals surface area contributed by atoms with Gasteiger partial charge < -0.3 is 4.74 Å². The van der Waals surface area contributed by atoms with Gasteiger partial charge in [-0.15, -0.1) is 0 Å². The lowest BCUT2D eigenvalue weighted by Gasteiger charge is -2.19. The number of aromatic nitrogens is 2. The highest BCUT2D eigenvalue weighted by Crippen LogP contribution is 2.11. The Labute approximate surface area is 96.8 Å². The summed E-state index contributed by atoms with van der Waals surface area (Å²) >= 11 is 2.06. The van der Waals surface area contributed by atoms with Gasteiger partial charge in [0.1, 0.15) is 15.1 Å². The standard InChI is InChI=1S/C9H13IN2O2/c1-6-11-7(10)5-12(6)8(13)14-9(2,3)4/h5H,1-4H3. The molecule has 1 aromatic heterocycles. The smallest absolute Gasteiger partial charge is 0.420 e. The van der Waals surface area contributed by atoms with Gasteiger partial charge in [0.05, 0.1) is 0 Å². The molecule has 0 aliphatic heterocycles. The quantitative estimate of drug-likeness (QED) is 0.692. The van der Waals surface area contributed by atoms with Crippen LogP contribution < -0.4 is 0 Å². The van der Waals surface area contributed by atoms with Gasteiger partial charge in [0.25, 0.3) is 0 Å². The van der Waals surface area contributed by atoms with Crippen LogP contribution in [0.15, 0.2) is 6.20 Å². The van der Waals surface area contributed by atoms with Crippen LogP contribution in [0.25, 0.3) is 0 Å². The first kappa shape index (κ1) is 11.5. The summed E-state index contributed by atoms with van der Waals surface area (Å²) in [5.74, 6) is 0.642. The van der Waals surface area contributed by atoms with E-state index in [9.17, 15) is 4.79 Å². The molecule has 0 aliphatic rings. The molecule has 14 heavy (non-hydrogen) atoms. The Morgan fingerprint density at radius 3 is 2.50 bits per heavy atom. The van der Waals surface area contributed by atoms with Crippen LogP contribution in [0.5, 0.6) is 0 Å². The number of halogens is 1. The number of carbonyl (C=O) groups excluding carboxylic acids is 1. The summed E-state index contributed by atoms with van der Waals surface area (Å²) in [6.45, 7) is 7.28. The fraction of sp³-hybridized carbons (Fsp3) is 0.556. The van der Waals surface area contributed by atoms with E-state index >= 15 is 0 Å². The van der Waals surface area contributed by atoms with Crippen molar-refractivity contribution in [2.75, 3.05) is 0 Å². The Bertz CT molecular complexity index is 352. The van der Waals surface area contributed by atoms with Crippen molar-refractivity contribution in [1.29, 1.82) is 0 Å². The van der Waals surface area contributed by atoms with Crippen LogP contribution in [0.1, 0.15) is 26.6 Å². The second kappa shape index (κ2) is 3.88. The average Bonchev–Trinajstić information content (AvgIpc) is 2.26. The molecule has 0 spiro atoms. The van der Waals surface area contributed by atoms with Gasteiger partial charge >= 0.3 is 6.09 Å². The predicted octanol–water partition coefficient (Wildman–Crippen LogP) is 2.58. The maximum atomic E-state index is 11.6. The van der Waals surface area contributed by atoms with E-state index < -0.39 is 5.60 Å². The maximum absolute atomic E-state index is 11.6. The van der Waals surface area contributed by atoms with Crippen molar-refractivity contribution in [2.45, 2.75) is 33.3 Å². The molecule has 0 saturated carbocycles. The highest BCUT2D eigenvalue weighted by atomic mass is 127. The highest BCUT2D eigenvalue weighted by molar-refractivity contribution is 14.1. The van der Waals surface area contributed by atoms with Gasteiger partial charge in [-0.25, -0.2) is 14.3 Å². The van der Waals surface area contributed by atoms with Crippen molar-refractivity contribution < 1.29 is 9.53 Å². The van der Waals surface area contributed by atoms with E-state index in [1.165, 1.54) is 4.57 Å². The zero-order valence-electron chi connectivity index (χ0n) is 8.67. The largest absolute Gasteiger partial charge is 0.443 e. The SMILES string of the molecule is Cc1nc(I)cn1C(=O)OC(C)(C)C.